The van der Waals surface area contributed by atoms with E-state index in [4.69, 9.17) is 0 Å². The summed E-state index contributed by atoms with van der Waals surface area (Å²) in [7, 11) is 0. The first-order chi connectivity index (χ1) is 8.20. The van der Waals surface area contributed by atoms with Crippen LogP contribution in [-0.2, 0) is 4.74 Å². The maximum absolute atomic E-state index is 10.8. The Balaban J connectivity index is -0.000000287. The Hall–Kier alpha value is -0.524. The summed E-state index contributed by atoms with van der Waals surface area (Å²) in [6.45, 7) is 4.00. The summed E-state index contributed by atoms with van der Waals surface area (Å²) < 4.78 is 4.35. The molecule has 0 saturated carbocycles. The van der Waals surface area contributed by atoms with Crippen molar-refractivity contribution in [3.63, 3.8) is 0 Å². The predicted molar refractivity (Wildman–Crippen MR) is 78.6 cm³/mol. The molecule has 0 fully saturated rings. The van der Waals surface area contributed by atoms with Crippen LogP contribution in [0.5, 0.6) is 0 Å². The van der Waals surface area contributed by atoms with Crippen LogP contribution in [0.2, 0.25) is 0 Å². The van der Waals surface area contributed by atoms with Crippen LogP contribution in [0.25, 0.3) is 0 Å². The quantitative estimate of drug-likeness (QED) is 0.256. The number of carbonyl (C=O) groups excluding carboxylic acids is 2. The van der Waals surface area contributed by atoms with Crippen LogP contribution < -0.4 is 51.4 Å². The molecule has 1 aliphatic heterocycles. The molecule has 0 spiro atoms. The van der Waals surface area contributed by atoms with Crippen molar-refractivity contribution in [3.8, 4) is 0 Å². The van der Waals surface area contributed by atoms with Gasteiger partial charge in [0.2, 0.25) is 0 Å². The van der Waals surface area contributed by atoms with Gasteiger partial charge in [0, 0.05) is 0 Å². The molecule has 3 nitrogen and oxygen atoms in total. The Kier molecular flexibility index (Phi) is 16.5. The normalized spacial score (nSPS) is 11.5. The van der Waals surface area contributed by atoms with Crippen LogP contribution in [0, 0.1) is 14.9 Å². The van der Waals surface area contributed by atoms with Gasteiger partial charge in [-0.25, -0.2) is 9.59 Å². The van der Waals surface area contributed by atoms with E-state index in [1.807, 2.05) is 38.2 Å². The molecule has 104 valence electrons. The molecule has 0 amide bonds. The molecule has 0 N–H and O–H groups in total. The van der Waals surface area contributed by atoms with Crippen LogP contribution in [-0.4, -0.2) is 11.9 Å². The summed E-state index contributed by atoms with van der Waals surface area (Å²) >= 11 is 0. The average molecular weight is 299 g/mol. The van der Waals surface area contributed by atoms with Crippen molar-refractivity contribution in [2.24, 2.45) is 0 Å². The Morgan fingerprint density at radius 3 is 1.50 bits per heavy atom. The molecule has 0 aliphatic carbocycles. The number of carbonyl (C=O) groups is 2. The molecular weight excluding hydrogens is 279 g/mol. The number of rotatable bonds is 1. The van der Waals surface area contributed by atoms with E-state index in [-0.39, 0.29) is 66.2 Å². The monoisotopic (exact) mass is 299 g/mol. The van der Waals surface area contributed by atoms with E-state index in [1.54, 1.807) is 24.3 Å². The minimum atomic E-state index is -0.550. The maximum atomic E-state index is 10.8. The topological polar surface area (TPSA) is 43.4 Å². The number of benzene rings is 1. The molecule has 0 bridgehead atoms. The number of hydrogen-bond donors (Lipinski definition) is 0. The van der Waals surface area contributed by atoms with Crippen molar-refractivity contribution in [1.82, 2.24) is 0 Å². The van der Waals surface area contributed by atoms with Gasteiger partial charge in [-0.1, -0.05) is 36.4 Å². The third-order valence-corrected chi connectivity index (χ3v) is 2.05. The largest absolute Gasteiger partial charge is 1.00 e. The minimum absolute atomic E-state index is 0. The number of cyclic esters (lactones) is 2. The van der Waals surface area contributed by atoms with Crippen molar-refractivity contribution in [2.75, 3.05) is 0 Å². The summed E-state index contributed by atoms with van der Waals surface area (Å²) in [6, 6.07) is 6.53. The van der Waals surface area contributed by atoms with Gasteiger partial charge in [-0.3, -0.25) is 0 Å². The SMILES string of the molecule is C/C=C\C=C/C.O=C1OC(=O)c2ccccc21.[CH3-].[CH3-].[K+]. The van der Waals surface area contributed by atoms with Gasteiger partial charge in [0.15, 0.2) is 0 Å². The zero-order chi connectivity index (χ0) is 12.7. The Bertz CT molecular complexity index is 433. The van der Waals surface area contributed by atoms with Crippen molar-refractivity contribution >= 4 is 11.9 Å². The Morgan fingerprint density at radius 1 is 0.850 bits per heavy atom. The zero-order valence-electron chi connectivity index (χ0n) is 12.8. The smallest absolute Gasteiger partial charge is 0.386 e. The summed E-state index contributed by atoms with van der Waals surface area (Å²) in [5.74, 6) is -1.10. The average Bonchev–Trinajstić information content (AvgIpc) is 2.64. The predicted octanol–water partition coefficient (Wildman–Crippen LogP) is 1.04. The fourth-order valence-corrected chi connectivity index (χ4v) is 1.26. The van der Waals surface area contributed by atoms with Crippen molar-refractivity contribution in [3.05, 3.63) is 74.5 Å². The first-order valence-corrected chi connectivity index (χ1v) is 5.30. The van der Waals surface area contributed by atoms with Gasteiger partial charge in [0.25, 0.3) is 0 Å². The van der Waals surface area contributed by atoms with Crippen molar-refractivity contribution in [2.45, 2.75) is 13.8 Å². The second-order valence-corrected chi connectivity index (χ2v) is 3.27. The molecular formula is C16H20KO3-. The molecule has 1 heterocycles. The molecule has 20 heavy (non-hydrogen) atoms. The molecule has 0 atom stereocenters. The third-order valence-electron chi connectivity index (χ3n) is 2.05. The number of fused-ring (bicyclic) bond motifs is 1. The minimum Gasteiger partial charge on any atom is -0.386 e. The second kappa shape index (κ2) is 13.5. The van der Waals surface area contributed by atoms with Gasteiger partial charge < -0.3 is 19.6 Å². The number of allylic oxidation sites excluding steroid dienone is 4. The van der Waals surface area contributed by atoms with Crippen LogP contribution >= 0.6 is 0 Å². The van der Waals surface area contributed by atoms with Crippen molar-refractivity contribution in [1.29, 1.82) is 0 Å². The molecule has 2 rings (SSSR count). The van der Waals surface area contributed by atoms with E-state index in [9.17, 15) is 9.59 Å². The van der Waals surface area contributed by atoms with Crippen LogP contribution in [0.3, 0.4) is 0 Å². The zero-order valence-corrected chi connectivity index (χ0v) is 16.0. The first kappa shape index (κ1) is 24.5. The third kappa shape index (κ3) is 7.31. The molecule has 0 saturated heterocycles. The van der Waals surface area contributed by atoms with E-state index < -0.39 is 11.9 Å². The van der Waals surface area contributed by atoms with Gasteiger partial charge >= 0.3 is 63.3 Å². The van der Waals surface area contributed by atoms with E-state index in [1.165, 1.54) is 0 Å². The van der Waals surface area contributed by atoms with Gasteiger partial charge in [-0.15, -0.1) is 0 Å². The van der Waals surface area contributed by atoms with Gasteiger partial charge in [-0.2, -0.15) is 0 Å². The summed E-state index contributed by atoms with van der Waals surface area (Å²) in [6.07, 6.45) is 8.00. The fraction of sp³-hybridized carbons (Fsp3) is 0.125. The molecule has 0 unspecified atom stereocenters. The molecule has 1 aromatic carbocycles. The van der Waals surface area contributed by atoms with E-state index in [2.05, 4.69) is 4.74 Å². The van der Waals surface area contributed by atoms with Crippen molar-refractivity contribution < 1.29 is 65.7 Å². The summed E-state index contributed by atoms with van der Waals surface area (Å²) in [4.78, 5) is 21.7. The second-order valence-electron chi connectivity index (χ2n) is 3.27. The number of esters is 2. The molecule has 0 aromatic heterocycles. The van der Waals surface area contributed by atoms with Gasteiger partial charge in [0.05, 0.1) is 11.1 Å². The maximum Gasteiger partial charge on any atom is 1.00 e. The van der Waals surface area contributed by atoms with E-state index in [0.29, 0.717) is 11.1 Å². The summed E-state index contributed by atoms with van der Waals surface area (Å²) in [5, 5.41) is 0. The standard InChI is InChI=1S/C8H4O3.C6H10.2CH3.K/c9-7-5-3-1-2-4-6(5)8(10)11-7;1-3-5-6-4-2;;;/h1-4H;3-6H,1-2H3;2*1H3;/q;;2*-1;+1/b;5-3-,6-4-;;;. The summed E-state index contributed by atoms with van der Waals surface area (Å²) in [5.41, 5.74) is 0.718. The van der Waals surface area contributed by atoms with Crippen LogP contribution in [0.1, 0.15) is 34.6 Å². The van der Waals surface area contributed by atoms with Crippen LogP contribution in [0.4, 0.5) is 0 Å². The van der Waals surface area contributed by atoms with E-state index >= 15 is 0 Å². The fourth-order valence-electron chi connectivity index (χ4n) is 1.26. The molecule has 4 heteroatoms. The Labute approximate surface area is 164 Å². The molecule has 1 aliphatic rings. The van der Waals surface area contributed by atoms with Gasteiger partial charge in [0.1, 0.15) is 0 Å². The molecule has 1 aromatic rings. The number of ether oxygens (including phenoxy) is 1. The van der Waals surface area contributed by atoms with Gasteiger partial charge in [-0.05, 0) is 26.0 Å². The number of hydrogen-bond acceptors (Lipinski definition) is 3. The van der Waals surface area contributed by atoms with Crippen LogP contribution in [0.15, 0.2) is 48.6 Å². The Morgan fingerprint density at radius 2 is 1.20 bits per heavy atom. The van der Waals surface area contributed by atoms with E-state index in [0.717, 1.165) is 0 Å². The first-order valence-electron chi connectivity index (χ1n) is 5.30. The molecule has 0 radical (unpaired) electrons.